The van der Waals surface area contributed by atoms with Crippen molar-refractivity contribution in [3.05, 3.63) is 30.3 Å². The second kappa shape index (κ2) is 4.38. The SMILES string of the molecule is CCO[11C](=O)Nc1ccccc1. The number of ether oxygens (including phenoxy) is 1. The molecule has 1 N–H and O–H groups in total. The van der Waals surface area contributed by atoms with E-state index in [2.05, 4.69) is 5.32 Å². The molecule has 0 heterocycles. The molecule has 1 rings (SSSR count). The summed E-state index contributed by atoms with van der Waals surface area (Å²) in [5, 5.41) is 2.58. The summed E-state index contributed by atoms with van der Waals surface area (Å²) in [7, 11) is 0. The number of nitrogens with one attached hydrogen (secondary N) is 1. The molecule has 1 amide bonds. The predicted octanol–water partition coefficient (Wildman–Crippen LogP) is 2.25. The van der Waals surface area contributed by atoms with Crippen molar-refractivity contribution in [1.29, 1.82) is 0 Å². The molecule has 0 saturated heterocycles. The fourth-order valence-corrected chi connectivity index (χ4v) is 0.807. The number of hydrogen-bond donors (Lipinski definition) is 1. The third-order valence-corrected chi connectivity index (χ3v) is 1.30. The molecule has 1 aromatic rings. The number of carbonyl (C=O) groups excluding carboxylic acids is 1. The van der Waals surface area contributed by atoms with E-state index in [-0.39, 0.29) is 0 Å². The zero-order valence-electron chi connectivity index (χ0n) is 6.91. The van der Waals surface area contributed by atoms with Crippen LogP contribution in [0.3, 0.4) is 0 Å². The van der Waals surface area contributed by atoms with Gasteiger partial charge in [-0.2, -0.15) is 0 Å². The lowest BCUT2D eigenvalue weighted by molar-refractivity contribution is 0.168. The van der Waals surface area contributed by atoms with Crippen molar-refractivity contribution in [1.82, 2.24) is 0 Å². The number of benzene rings is 1. The summed E-state index contributed by atoms with van der Waals surface area (Å²) in [4.78, 5) is 10.9. The monoisotopic (exact) mass is 164 g/mol. The Labute approximate surface area is 71.4 Å². The molecule has 0 fully saturated rings. The number of hydrogen-bond acceptors (Lipinski definition) is 2. The largest absolute Gasteiger partial charge is 0.450 e. The standard InChI is InChI=1S/C9H11NO2/c1-2-12-9(11)10-8-6-4-3-5-7-8/h3-7H,2H2,1H3,(H,10,11)/i9-1. The fourth-order valence-electron chi connectivity index (χ4n) is 0.807. The highest BCUT2D eigenvalue weighted by molar-refractivity contribution is 5.84. The third-order valence-electron chi connectivity index (χ3n) is 1.30. The van der Waals surface area contributed by atoms with Gasteiger partial charge in [-0.15, -0.1) is 0 Å². The van der Waals surface area contributed by atoms with Crippen LogP contribution in [0.2, 0.25) is 0 Å². The summed E-state index contributed by atoms with van der Waals surface area (Å²) in [6.07, 6.45) is -0.413. The van der Waals surface area contributed by atoms with Gasteiger partial charge in [0, 0.05) is 5.69 Å². The molecule has 3 heteroatoms. The Hall–Kier alpha value is -1.51. The quantitative estimate of drug-likeness (QED) is 0.728. The van der Waals surface area contributed by atoms with E-state index in [0.29, 0.717) is 6.61 Å². The normalized spacial score (nSPS) is 9.08. The average Bonchev–Trinajstić information content (AvgIpc) is 2.06. The van der Waals surface area contributed by atoms with Crippen LogP contribution in [0.15, 0.2) is 30.3 Å². The first-order valence-electron chi connectivity index (χ1n) is 3.81. The Kier molecular flexibility index (Phi) is 3.14. The minimum Gasteiger partial charge on any atom is -0.450 e. The molecule has 1 aromatic carbocycles. The Morgan fingerprint density at radius 2 is 2.08 bits per heavy atom. The van der Waals surface area contributed by atoms with Gasteiger partial charge in [-0.3, -0.25) is 5.32 Å². The molecular weight excluding hydrogens is 153 g/mol. The number of anilines is 1. The third kappa shape index (κ3) is 2.62. The number of carbonyl (C=O) groups is 1. The zero-order chi connectivity index (χ0) is 8.81. The van der Waals surface area contributed by atoms with E-state index in [0.717, 1.165) is 5.69 Å². The average molecular weight is 164 g/mol. The number of rotatable bonds is 2. The molecular formula is C9H11NO2. The Morgan fingerprint density at radius 1 is 1.42 bits per heavy atom. The highest BCUT2D eigenvalue weighted by Gasteiger charge is 1.98. The smallest absolute Gasteiger partial charge is 0.411 e. The fraction of sp³-hybridized carbons (Fsp3) is 0.222. The van der Waals surface area contributed by atoms with Crippen LogP contribution in [-0.4, -0.2) is 12.7 Å². The molecule has 0 aromatic heterocycles. The maximum absolute atomic E-state index is 10.9. The van der Waals surface area contributed by atoms with Crippen molar-refractivity contribution in [2.75, 3.05) is 11.9 Å². The van der Waals surface area contributed by atoms with Crippen molar-refractivity contribution in [3.8, 4) is 0 Å². The summed E-state index contributed by atoms with van der Waals surface area (Å²) < 4.78 is 4.70. The van der Waals surface area contributed by atoms with Gasteiger partial charge < -0.3 is 4.74 Å². The molecule has 3 nitrogen and oxygen atoms in total. The van der Waals surface area contributed by atoms with Gasteiger partial charge in [0.15, 0.2) is 0 Å². The van der Waals surface area contributed by atoms with Crippen molar-refractivity contribution < 1.29 is 9.53 Å². The van der Waals surface area contributed by atoms with Crippen LogP contribution in [0.1, 0.15) is 6.92 Å². The molecule has 0 aliphatic heterocycles. The van der Waals surface area contributed by atoms with Gasteiger partial charge in [0.2, 0.25) is 0 Å². The molecule has 0 aliphatic rings. The molecule has 64 valence electrons. The van der Waals surface area contributed by atoms with Crippen LogP contribution in [0.5, 0.6) is 0 Å². The minimum absolute atomic E-state index is 0.388. The first-order valence-corrected chi connectivity index (χ1v) is 3.81. The van der Waals surface area contributed by atoms with Crippen LogP contribution >= 0.6 is 0 Å². The molecule has 12 heavy (non-hydrogen) atoms. The van der Waals surface area contributed by atoms with Crippen LogP contribution < -0.4 is 5.32 Å². The molecule has 0 bridgehead atoms. The summed E-state index contributed by atoms with van der Waals surface area (Å²) >= 11 is 0. The number of para-hydroxylation sites is 1. The molecule has 0 aliphatic carbocycles. The highest BCUT2D eigenvalue weighted by atomic mass is 16.5. The van der Waals surface area contributed by atoms with Crippen molar-refractivity contribution in [2.24, 2.45) is 0 Å². The van der Waals surface area contributed by atoms with Crippen LogP contribution in [0, 0.1) is 0 Å². The van der Waals surface area contributed by atoms with Crippen molar-refractivity contribution in [2.45, 2.75) is 6.92 Å². The molecule has 0 spiro atoms. The zero-order valence-corrected chi connectivity index (χ0v) is 6.91. The second-order valence-corrected chi connectivity index (χ2v) is 2.21. The van der Waals surface area contributed by atoms with Crippen molar-refractivity contribution in [3.63, 3.8) is 0 Å². The van der Waals surface area contributed by atoms with Crippen LogP contribution in [0.25, 0.3) is 0 Å². The predicted molar refractivity (Wildman–Crippen MR) is 47.1 cm³/mol. The Bertz CT molecular complexity index is 246. The van der Waals surface area contributed by atoms with Crippen molar-refractivity contribution >= 4 is 11.8 Å². The topological polar surface area (TPSA) is 38.3 Å². The van der Waals surface area contributed by atoms with E-state index in [1.54, 1.807) is 19.1 Å². The molecule has 0 atom stereocenters. The van der Waals surface area contributed by atoms with Gasteiger partial charge in [-0.1, -0.05) is 18.2 Å². The van der Waals surface area contributed by atoms with Crippen LogP contribution in [-0.2, 0) is 4.74 Å². The van der Waals surface area contributed by atoms with E-state index in [9.17, 15) is 4.79 Å². The lowest BCUT2D eigenvalue weighted by atomic mass is 10.2. The minimum atomic E-state index is -0.413. The van der Waals surface area contributed by atoms with E-state index in [1.807, 2.05) is 18.2 Å². The Morgan fingerprint density at radius 3 is 2.67 bits per heavy atom. The lowest BCUT2D eigenvalue weighted by Crippen LogP contribution is -2.12. The summed E-state index contributed by atoms with van der Waals surface area (Å²) in [6.45, 7) is 2.16. The molecule has 0 saturated carbocycles. The first-order chi connectivity index (χ1) is 5.83. The second-order valence-electron chi connectivity index (χ2n) is 2.21. The first kappa shape index (κ1) is 8.59. The highest BCUT2D eigenvalue weighted by Crippen LogP contribution is 2.04. The maximum Gasteiger partial charge on any atom is 0.411 e. The summed E-state index contributed by atoms with van der Waals surface area (Å²) in [5.41, 5.74) is 0.746. The molecule has 0 unspecified atom stereocenters. The van der Waals surface area contributed by atoms with E-state index in [1.165, 1.54) is 0 Å². The van der Waals surface area contributed by atoms with Gasteiger partial charge in [0.25, 0.3) is 0 Å². The van der Waals surface area contributed by atoms with Gasteiger partial charge >= 0.3 is 6.09 Å². The van der Waals surface area contributed by atoms with Gasteiger partial charge in [0.1, 0.15) is 0 Å². The van der Waals surface area contributed by atoms with Gasteiger partial charge in [-0.25, -0.2) is 4.79 Å². The van der Waals surface area contributed by atoms with Crippen LogP contribution in [0.4, 0.5) is 10.5 Å². The summed E-state index contributed by atoms with van der Waals surface area (Å²) in [5.74, 6) is 0. The lowest BCUT2D eigenvalue weighted by Gasteiger charge is -2.03. The Balaban J connectivity index is 2.47. The molecule has 0 radical (unpaired) electrons. The maximum atomic E-state index is 10.9. The van der Waals surface area contributed by atoms with Gasteiger partial charge in [0.05, 0.1) is 6.61 Å². The van der Waals surface area contributed by atoms with E-state index in [4.69, 9.17) is 4.74 Å². The van der Waals surface area contributed by atoms with E-state index >= 15 is 0 Å². The van der Waals surface area contributed by atoms with E-state index < -0.39 is 6.09 Å². The van der Waals surface area contributed by atoms with Gasteiger partial charge in [-0.05, 0) is 19.1 Å². The number of amides is 1. The summed E-state index contributed by atoms with van der Waals surface area (Å²) in [6, 6.07) is 9.19.